The Balaban J connectivity index is 2.07. The van der Waals surface area contributed by atoms with Crippen LogP contribution >= 0.6 is 15.9 Å². The number of aryl methyl sites for hydroxylation is 1. The summed E-state index contributed by atoms with van der Waals surface area (Å²) in [6.07, 6.45) is 3.15. The second-order valence-corrected chi connectivity index (χ2v) is 6.19. The predicted octanol–water partition coefficient (Wildman–Crippen LogP) is 2.06. The zero-order chi connectivity index (χ0) is 15.0. The molecule has 0 saturated heterocycles. The summed E-state index contributed by atoms with van der Waals surface area (Å²) in [5, 5.41) is 15.6. The number of fused-ring (bicyclic) bond motifs is 1. The first-order chi connectivity index (χ1) is 10.1. The van der Waals surface area contributed by atoms with Crippen LogP contribution in [0, 0.1) is 0 Å². The van der Waals surface area contributed by atoms with Crippen LogP contribution in [0.15, 0.2) is 28.9 Å². The van der Waals surface area contributed by atoms with Crippen LogP contribution in [0.25, 0.3) is 0 Å². The molecule has 112 valence electrons. The topological polar surface area (TPSA) is 73.3 Å². The molecule has 0 spiro atoms. The largest absolute Gasteiger partial charge is 0.399 e. The van der Waals surface area contributed by atoms with E-state index in [1.807, 2.05) is 18.2 Å². The second kappa shape index (κ2) is 5.44. The number of methoxy groups -OCH3 is 1. The third kappa shape index (κ3) is 2.37. The standard InChI is InChI=1S/C15H18BrN3O2/c1-21-7-6-19-14(13(16)9-18-19)15(20)5-4-10-8-11(17)2-3-12(10)15/h2-3,8-9,20H,4-7,17H2,1H3. The average molecular weight is 352 g/mol. The van der Waals surface area contributed by atoms with Gasteiger partial charge in [-0.3, -0.25) is 4.68 Å². The lowest BCUT2D eigenvalue weighted by Gasteiger charge is -2.26. The molecule has 21 heavy (non-hydrogen) atoms. The smallest absolute Gasteiger partial charge is 0.133 e. The van der Waals surface area contributed by atoms with Gasteiger partial charge >= 0.3 is 0 Å². The fourth-order valence-electron chi connectivity index (χ4n) is 3.04. The lowest BCUT2D eigenvalue weighted by molar-refractivity contribution is 0.0695. The van der Waals surface area contributed by atoms with Gasteiger partial charge < -0.3 is 15.6 Å². The number of anilines is 1. The minimum Gasteiger partial charge on any atom is -0.399 e. The Hall–Kier alpha value is -1.37. The number of nitrogens with two attached hydrogens (primary N) is 1. The summed E-state index contributed by atoms with van der Waals surface area (Å²) in [4.78, 5) is 0. The molecule has 1 heterocycles. The highest BCUT2D eigenvalue weighted by Crippen LogP contribution is 2.44. The maximum Gasteiger partial charge on any atom is 0.133 e. The van der Waals surface area contributed by atoms with Crippen molar-refractivity contribution in [1.82, 2.24) is 9.78 Å². The van der Waals surface area contributed by atoms with Crippen molar-refractivity contribution in [1.29, 1.82) is 0 Å². The number of hydrogen-bond acceptors (Lipinski definition) is 4. The van der Waals surface area contributed by atoms with Crippen LogP contribution in [0.3, 0.4) is 0 Å². The fraction of sp³-hybridized carbons (Fsp3) is 0.400. The van der Waals surface area contributed by atoms with Crippen molar-refractivity contribution in [2.45, 2.75) is 25.0 Å². The molecule has 0 aliphatic heterocycles. The van der Waals surface area contributed by atoms with E-state index in [9.17, 15) is 5.11 Å². The van der Waals surface area contributed by atoms with Crippen molar-refractivity contribution in [3.63, 3.8) is 0 Å². The molecule has 0 fully saturated rings. The summed E-state index contributed by atoms with van der Waals surface area (Å²) in [7, 11) is 1.65. The molecule has 1 aromatic heterocycles. The SMILES string of the molecule is COCCn1ncc(Br)c1C1(O)CCc2cc(N)ccc21. The molecule has 0 amide bonds. The molecular formula is C15H18BrN3O2. The normalized spacial score (nSPS) is 20.7. The molecule has 3 N–H and O–H groups in total. The van der Waals surface area contributed by atoms with Gasteiger partial charge in [0, 0.05) is 12.8 Å². The Morgan fingerprint density at radius 1 is 1.52 bits per heavy atom. The number of nitrogens with zero attached hydrogens (tertiary/aromatic N) is 2. The lowest BCUT2D eigenvalue weighted by Crippen LogP contribution is -2.29. The minimum atomic E-state index is -1.04. The highest BCUT2D eigenvalue weighted by Gasteiger charge is 2.42. The second-order valence-electron chi connectivity index (χ2n) is 5.33. The molecule has 1 atom stereocenters. The Morgan fingerprint density at radius 2 is 2.33 bits per heavy atom. The zero-order valence-electron chi connectivity index (χ0n) is 11.8. The van der Waals surface area contributed by atoms with Crippen LogP contribution in [0.4, 0.5) is 5.69 Å². The fourth-order valence-corrected chi connectivity index (χ4v) is 3.67. The van der Waals surface area contributed by atoms with E-state index in [0.717, 1.165) is 33.4 Å². The molecule has 1 aliphatic carbocycles. The van der Waals surface area contributed by atoms with Crippen molar-refractivity contribution in [3.8, 4) is 0 Å². The van der Waals surface area contributed by atoms with Crippen LogP contribution in [0.5, 0.6) is 0 Å². The maximum atomic E-state index is 11.3. The first-order valence-corrected chi connectivity index (χ1v) is 7.67. The van der Waals surface area contributed by atoms with Crippen molar-refractivity contribution in [2.75, 3.05) is 19.5 Å². The molecule has 5 nitrogen and oxygen atoms in total. The van der Waals surface area contributed by atoms with E-state index in [-0.39, 0.29) is 0 Å². The van der Waals surface area contributed by atoms with Gasteiger partial charge in [0.1, 0.15) is 5.60 Å². The number of benzene rings is 1. The average Bonchev–Trinajstić information content (AvgIpc) is 2.98. The van der Waals surface area contributed by atoms with E-state index in [1.54, 1.807) is 18.0 Å². The highest BCUT2D eigenvalue weighted by molar-refractivity contribution is 9.10. The number of rotatable bonds is 4. The number of hydrogen-bond donors (Lipinski definition) is 2. The molecule has 0 bridgehead atoms. The van der Waals surface area contributed by atoms with Gasteiger partial charge in [-0.1, -0.05) is 6.07 Å². The molecule has 1 aromatic carbocycles. The summed E-state index contributed by atoms with van der Waals surface area (Å²) >= 11 is 3.51. The van der Waals surface area contributed by atoms with Gasteiger partial charge in [-0.15, -0.1) is 0 Å². The Morgan fingerprint density at radius 3 is 3.10 bits per heavy atom. The van der Waals surface area contributed by atoms with Gasteiger partial charge in [-0.25, -0.2) is 0 Å². The molecule has 2 aromatic rings. The van der Waals surface area contributed by atoms with E-state index in [1.165, 1.54) is 0 Å². The number of ether oxygens (including phenoxy) is 1. The van der Waals surface area contributed by atoms with Gasteiger partial charge in [0.2, 0.25) is 0 Å². The summed E-state index contributed by atoms with van der Waals surface area (Å²) in [6, 6.07) is 5.69. The van der Waals surface area contributed by atoms with Crippen molar-refractivity contribution < 1.29 is 9.84 Å². The van der Waals surface area contributed by atoms with Gasteiger partial charge in [-0.2, -0.15) is 5.10 Å². The summed E-state index contributed by atoms with van der Waals surface area (Å²) in [5.41, 5.74) is 8.32. The predicted molar refractivity (Wildman–Crippen MR) is 84.0 cm³/mol. The Bertz CT molecular complexity index is 671. The van der Waals surface area contributed by atoms with Crippen LogP contribution in [0.2, 0.25) is 0 Å². The first kappa shape index (κ1) is 14.6. The molecular weight excluding hydrogens is 334 g/mol. The van der Waals surface area contributed by atoms with E-state index < -0.39 is 5.60 Å². The van der Waals surface area contributed by atoms with Crippen molar-refractivity contribution in [2.24, 2.45) is 0 Å². The summed E-state index contributed by atoms with van der Waals surface area (Å²) in [5.74, 6) is 0. The molecule has 1 unspecified atom stereocenters. The third-order valence-electron chi connectivity index (χ3n) is 4.02. The van der Waals surface area contributed by atoms with Gasteiger partial charge in [0.05, 0.1) is 29.5 Å². The van der Waals surface area contributed by atoms with Gasteiger partial charge in [0.25, 0.3) is 0 Å². The quantitative estimate of drug-likeness (QED) is 0.827. The maximum absolute atomic E-state index is 11.3. The molecule has 1 aliphatic rings. The van der Waals surface area contributed by atoms with E-state index in [2.05, 4.69) is 21.0 Å². The third-order valence-corrected chi connectivity index (χ3v) is 4.61. The minimum absolute atomic E-state index is 0.547. The lowest BCUT2D eigenvalue weighted by atomic mass is 9.92. The number of aromatic nitrogens is 2. The van der Waals surface area contributed by atoms with Crippen LogP contribution < -0.4 is 5.73 Å². The van der Waals surface area contributed by atoms with Crippen LogP contribution in [-0.4, -0.2) is 28.6 Å². The highest BCUT2D eigenvalue weighted by atomic mass is 79.9. The van der Waals surface area contributed by atoms with Crippen molar-refractivity contribution in [3.05, 3.63) is 45.7 Å². The number of halogens is 1. The number of nitrogen functional groups attached to an aromatic ring is 1. The van der Waals surface area contributed by atoms with Gasteiger partial charge in [0.15, 0.2) is 0 Å². The first-order valence-electron chi connectivity index (χ1n) is 6.88. The summed E-state index contributed by atoms with van der Waals surface area (Å²) < 4.78 is 7.73. The Kier molecular flexibility index (Phi) is 3.77. The van der Waals surface area contributed by atoms with Gasteiger partial charge in [-0.05, 0) is 52.0 Å². The molecule has 0 radical (unpaired) electrons. The van der Waals surface area contributed by atoms with Crippen LogP contribution in [0.1, 0.15) is 23.2 Å². The summed E-state index contributed by atoms with van der Waals surface area (Å²) in [6.45, 7) is 1.15. The molecule has 3 rings (SSSR count). The monoisotopic (exact) mass is 351 g/mol. The van der Waals surface area contributed by atoms with E-state index in [0.29, 0.717) is 19.6 Å². The van der Waals surface area contributed by atoms with Crippen molar-refractivity contribution >= 4 is 21.6 Å². The Labute approximate surface area is 131 Å². The zero-order valence-corrected chi connectivity index (χ0v) is 13.4. The number of aliphatic hydroxyl groups is 1. The molecule has 6 heteroatoms. The van der Waals surface area contributed by atoms with Crippen LogP contribution in [-0.2, 0) is 23.3 Å². The van der Waals surface area contributed by atoms with E-state index in [4.69, 9.17) is 10.5 Å². The van der Waals surface area contributed by atoms with E-state index >= 15 is 0 Å². The molecule has 0 saturated carbocycles.